The molecule has 2 aromatic rings. The normalized spacial score (nSPS) is 23.0. The van der Waals surface area contributed by atoms with Crippen molar-refractivity contribution in [3.05, 3.63) is 65.0 Å². The summed E-state index contributed by atoms with van der Waals surface area (Å²) in [5.74, 6) is -0.634. The van der Waals surface area contributed by atoms with Crippen LogP contribution in [0.15, 0.2) is 42.5 Å². The molecule has 198 valence electrons. The molecule has 0 spiro atoms. The Kier molecular flexibility index (Phi) is 6.90. The predicted octanol–water partition coefficient (Wildman–Crippen LogP) is 6.76. The Morgan fingerprint density at radius 1 is 1.05 bits per heavy atom. The van der Waals surface area contributed by atoms with E-state index in [1.54, 1.807) is 26.8 Å². The van der Waals surface area contributed by atoms with E-state index in [1.807, 2.05) is 35.2 Å². The third-order valence-electron chi connectivity index (χ3n) is 7.63. The van der Waals surface area contributed by atoms with Gasteiger partial charge in [-0.15, -0.1) is 0 Å². The monoisotopic (exact) mass is 509 g/mol. The van der Waals surface area contributed by atoms with Crippen molar-refractivity contribution in [2.24, 2.45) is 0 Å². The Labute approximate surface area is 218 Å². The molecule has 6 nitrogen and oxygen atoms in total. The molecule has 2 heterocycles. The third-order valence-corrected chi connectivity index (χ3v) is 7.63. The molecule has 0 N–H and O–H groups in total. The quantitative estimate of drug-likeness (QED) is 0.386. The van der Waals surface area contributed by atoms with Crippen molar-refractivity contribution >= 4 is 12.1 Å². The minimum atomic E-state index is -0.712. The summed E-state index contributed by atoms with van der Waals surface area (Å²) < 4.78 is 32.5. The number of benzene rings is 2. The number of amides is 1. The van der Waals surface area contributed by atoms with Gasteiger partial charge in [-0.2, -0.15) is 0 Å². The lowest BCUT2D eigenvalue weighted by atomic mass is 9.89. The first kappa shape index (κ1) is 25.6. The second-order valence-corrected chi connectivity index (χ2v) is 11.7. The van der Waals surface area contributed by atoms with Crippen molar-refractivity contribution in [1.29, 1.82) is 0 Å². The van der Waals surface area contributed by atoms with Crippen molar-refractivity contribution in [1.82, 2.24) is 4.90 Å². The zero-order chi connectivity index (χ0) is 26.2. The fourth-order valence-corrected chi connectivity index (χ4v) is 5.71. The number of esters is 1. The zero-order valence-corrected chi connectivity index (χ0v) is 21.9. The molecule has 37 heavy (non-hydrogen) atoms. The number of fused-ring (bicyclic) bond motifs is 2. The summed E-state index contributed by atoms with van der Waals surface area (Å²) in [6.45, 7) is 5.78. The molecule has 5 rings (SSSR count). The van der Waals surface area contributed by atoms with Crippen LogP contribution in [0, 0.1) is 5.82 Å². The van der Waals surface area contributed by atoms with E-state index in [0.29, 0.717) is 5.75 Å². The van der Waals surface area contributed by atoms with Crippen LogP contribution in [0.5, 0.6) is 5.75 Å². The van der Waals surface area contributed by atoms with Gasteiger partial charge >= 0.3 is 12.1 Å². The maximum absolute atomic E-state index is 15.1. The Morgan fingerprint density at radius 2 is 1.81 bits per heavy atom. The van der Waals surface area contributed by atoms with Gasteiger partial charge in [-0.05, 0) is 88.8 Å². The Morgan fingerprint density at radius 3 is 2.51 bits per heavy atom. The topological polar surface area (TPSA) is 65.1 Å². The van der Waals surface area contributed by atoms with Gasteiger partial charge in [0.2, 0.25) is 0 Å². The molecular formula is C30H36FNO5. The van der Waals surface area contributed by atoms with E-state index in [4.69, 9.17) is 14.2 Å². The van der Waals surface area contributed by atoms with Crippen LogP contribution in [-0.4, -0.2) is 40.8 Å². The van der Waals surface area contributed by atoms with Gasteiger partial charge in [0, 0.05) is 12.1 Å². The van der Waals surface area contributed by atoms with Gasteiger partial charge < -0.3 is 14.2 Å². The lowest BCUT2D eigenvalue weighted by Crippen LogP contribution is -2.56. The van der Waals surface area contributed by atoms with Gasteiger partial charge in [0.25, 0.3) is 0 Å². The van der Waals surface area contributed by atoms with Crippen LogP contribution in [-0.2, 0) is 16.1 Å². The van der Waals surface area contributed by atoms with Gasteiger partial charge in [-0.3, -0.25) is 4.90 Å². The predicted molar refractivity (Wildman–Crippen MR) is 137 cm³/mol. The fourth-order valence-electron chi connectivity index (χ4n) is 5.71. The average molecular weight is 510 g/mol. The summed E-state index contributed by atoms with van der Waals surface area (Å²) in [7, 11) is 0. The van der Waals surface area contributed by atoms with Gasteiger partial charge in [0.15, 0.2) is 0 Å². The summed E-state index contributed by atoms with van der Waals surface area (Å²) in [5.41, 5.74) is 0.531. The molecule has 2 aromatic carbocycles. The third kappa shape index (κ3) is 5.60. The largest absolute Gasteiger partial charge is 0.491 e. The summed E-state index contributed by atoms with van der Waals surface area (Å²) >= 11 is 0. The number of nitrogens with zero attached hydrogens (tertiary/aromatic N) is 1. The zero-order valence-electron chi connectivity index (χ0n) is 21.9. The molecule has 2 aliphatic heterocycles. The summed E-state index contributed by atoms with van der Waals surface area (Å²) in [5, 5.41) is 0. The Hall–Kier alpha value is -3.09. The number of carbonyl (C=O) groups is 2. The molecule has 1 amide bonds. The van der Waals surface area contributed by atoms with E-state index in [1.165, 1.54) is 6.07 Å². The number of piperidine rings is 1. The first-order chi connectivity index (χ1) is 17.7. The van der Waals surface area contributed by atoms with Crippen LogP contribution in [0.3, 0.4) is 0 Å². The molecule has 1 saturated carbocycles. The molecule has 2 atom stereocenters. The molecule has 3 aliphatic rings. The van der Waals surface area contributed by atoms with Crippen molar-refractivity contribution in [3.63, 3.8) is 0 Å². The van der Waals surface area contributed by atoms with Gasteiger partial charge in [0.05, 0.1) is 11.1 Å². The van der Waals surface area contributed by atoms with E-state index in [-0.39, 0.29) is 36.8 Å². The molecule has 2 saturated heterocycles. The molecule has 2 bridgehead atoms. The minimum Gasteiger partial charge on any atom is -0.491 e. The van der Waals surface area contributed by atoms with Crippen LogP contribution in [0.4, 0.5) is 9.18 Å². The smallest absolute Gasteiger partial charge is 0.410 e. The number of ether oxygens (including phenoxy) is 3. The number of hydrogen-bond donors (Lipinski definition) is 0. The van der Waals surface area contributed by atoms with Crippen molar-refractivity contribution in [3.8, 4) is 5.75 Å². The highest BCUT2D eigenvalue weighted by molar-refractivity contribution is 5.90. The lowest BCUT2D eigenvalue weighted by Gasteiger charge is -2.43. The van der Waals surface area contributed by atoms with Crippen LogP contribution >= 0.6 is 0 Å². The van der Waals surface area contributed by atoms with Crippen molar-refractivity contribution in [2.75, 3.05) is 6.61 Å². The van der Waals surface area contributed by atoms with Crippen LogP contribution in [0.1, 0.15) is 93.1 Å². The summed E-state index contributed by atoms with van der Waals surface area (Å²) in [6.07, 6.45) is 6.15. The van der Waals surface area contributed by atoms with Gasteiger partial charge in [0.1, 0.15) is 30.4 Å². The molecule has 0 aromatic heterocycles. The second kappa shape index (κ2) is 9.99. The highest BCUT2D eigenvalue weighted by atomic mass is 19.1. The van der Waals surface area contributed by atoms with E-state index in [9.17, 15) is 9.59 Å². The minimum absolute atomic E-state index is 0.0629. The Balaban J connectivity index is 1.33. The first-order valence-corrected chi connectivity index (χ1v) is 13.3. The van der Waals surface area contributed by atoms with Gasteiger partial charge in [-0.1, -0.05) is 30.3 Å². The number of hydrogen-bond acceptors (Lipinski definition) is 5. The molecule has 3 fully saturated rings. The fraction of sp³-hybridized carbons (Fsp3) is 0.533. The van der Waals surface area contributed by atoms with Crippen molar-refractivity contribution < 1.29 is 28.2 Å². The number of carbonyl (C=O) groups excluding carboxylic acids is 2. The summed E-state index contributed by atoms with van der Waals surface area (Å²) in [4.78, 5) is 27.8. The summed E-state index contributed by atoms with van der Waals surface area (Å²) in [6, 6.07) is 12.7. The van der Waals surface area contributed by atoms with E-state index in [2.05, 4.69) is 0 Å². The van der Waals surface area contributed by atoms with E-state index in [0.717, 1.165) is 56.1 Å². The van der Waals surface area contributed by atoms with E-state index >= 15 is 4.39 Å². The molecular weight excluding hydrogens is 473 g/mol. The molecule has 1 aliphatic carbocycles. The maximum atomic E-state index is 15.1. The highest BCUT2D eigenvalue weighted by Crippen LogP contribution is 2.48. The second-order valence-electron chi connectivity index (χ2n) is 11.7. The van der Waals surface area contributed by atoms with Crippen LogP contribution in [0.25, 0.3) is 0 Å². The number of halogens is 1. The SMILES string of the molecule is CC(C)(C)OC(=O)c1cc(C2CC2)c(OCC23CCCC(CC2)N3C(=O)OCc2ccccc2)cc1F. The first-order valence-electron chi connectivity index (χ1n) is 13.3. The van der Waals surface area contributed by atoms with Crippen LogP contribution in [0.2, 0.25) is 0 Å². The van der Waals surface area contributed by atoms with Gasteiger partial charge in [-0.25, -0.2) is 14.0 Å². The van der Waals surface area contributed by atoms with Crippen molar-refractivity contribution in [2.45, 2.75) is 95.4 Å². The van der Waals surface area contributed by atoms with Crippen LogP contribution < -0.4 is 4.74 Å². The molecule has 2 unspecified atom stereocenters. The standard InChI is InChI=1S/C30H36FNO5/c1-29(2,3)37-27(33)24-16-23(21-11-12-21)26(17-25(24)31)36-19-30-14-7-10-22(13-15-30)32(30)28(34)35-18-20-8-5-4-6-9-20/h4-6,8-9,16-17,21-22H,7,10-15,18-19H2,1-3H3. The highest BCUT2D eigenvalue weighted by Gasteiger charge is 2.52. The Bertz CT molecular complexity index is 1150. The maximum Gasteiger partial charge on any atom is 0.410 e. The number of rotatable bonds is 7. The van der Waals surface area contributed by atoms with E-state index < -0.39 is 22.9 Å². The average Bonchev–Trinajstić information content (AvgIpc) is 3.66. The molecule has 0 radical (unpaired) electrons. The lowest BCUT2D eigenvalue weighted by molar-refractivity contribution is 0.00394. The molecule has 7 heteroatoms.